The average molecular weight is 667 g/mol. The second-order valence-electron chi connectivity index (χ2n) is 13.1. The minimum atomic E-state index is -1.63. The van der Waals surface area contributed by atoms with Crippen LogP contribution in [-0.2, 0) is 11.2 Å². The highest BCUT2D eigenvalue weighted by Crippen LogP contribution is 2.37. The van der Waals surface area contributed by atoms with Gasteiger partial charge in [0.15, 0.2) is 0 Å². The lowest BCUT2D eigenvalue weighted by atomic mass is 9.76. The SMILES string of the molecule is CC1(CCCCOc2ccc(CC(=O)N3CC(CCC[C@H](O)[C@@H](O)[C@H](O)[C@H](O)CO)C3)c(F)c2)CCN(c2ncc(Cl)cn2)CC1. The van der Waals surface area contributed by atoms with Gasteiger partial charge in [-0.3, -0.25) is 4.79 Å². The Hall–Kier alpha value is -2.61. The topological polar surface area (TPSA) is 160 Å². The third-order valence-electron chi connectivity index (χ3n) is 9.42. The van der Waals surface area contributed by atoms with Gasteiger partial charge in [-0.05, 0) is 67.9 Å². The van der Waals surface area contributed by atoms with Crippen LogP contribution in [0.4, 0.5) is 10.3 Å². The largest absolute Gasteiger partial charge is 0.493 e. The number of aliphatic hydroxyl groups is 5. The van der Waals surface area contributed by atoms with Crippen molar-refractivity contribution < 1.29 is 39.5 Å². The third kappa shape index (κ3) is 10.2. The first-order valence-electron chi connectivity index (χ1n) is 16.2. The van der Waals surface area contributed by atoms with Gasteiger partial charge < -0.3 is 40.1 Å². The molecule has 2 saturated heterocycles. The van der Waals surface area contributed by atoms with Gasteiger partial charge in [0, 0.05) is 32.2 Å². The third-order valence-corrected chi connectivity index (χ3v) is 9.61. The summed E-state index contributed by atoms with van der Waals surface area (Å²) in [5.41, 5.74) is 0.576. The second-order valence-corrected chi connectivity index (χ2v) is 13.6. The molecule has 2 aliphatic rings. The molecule has 0 bridgehead atoms. The zero-order valence-corrected chi connectivity index (χ0v) is 27.2. The maximum atomic E-state index is 14.8. The Labute approximate surface area is 275 Å². The van der Waals surface area contributed by atoms with Crippen molar-refractivity contribution >= 4 is 23.5 Å². The molecular formula is C33H48ClFN4O7. The molecule has 0 aliphatic carbocycles. The molecule has 1 aromatic carbocycles. The van der Waals surface area contributed by atoms with E-state index in [1.165, 1.54) is 6.07 Å². The fourth-order valence-corrected chi connectivity index (χ4v) is 6.25. The van der Waals surface area contributed by atoms with Gasteiger partial charge in [0.2, 0.25) is 11.9 Å². The molecule has 1 aromatic heterocycles. The van der Waals surface area contributed by atoms with Crippen LogP contribution in [0.3, 0.4) is 0 Å². The smallest absolute Gasteiger partial charge is 0.227 e. The van der Waals surface area contributed by atoms with Crippen LogP contribution in [0.1, 0.15) is 63.9 Å². The number of aliphatic hydroxyl groups excluding tert-OH is 5. The molecule has 46 heavy (non-hydrogen) atoms. The van der Waals surface area contributed by atoms with E-state index in [-0.39, 0.29) is 30.1 Å². The predicted molar refractivity (Wildman–Crippen MR) is 171 cm³/mol. The minimum absolute atomic E-state index is 0.0328. The van der Waals surface area contributed by atoms with E-state index in [1.807, 2.05) is 0 Å². The molecule has 0 saturated carbocycles. The first kappa shape index (κ1) is 36.2. The lowest BCUT2D eigenvalue weighted by Gasteiger charge is -2.39. The molecule has 4 atom stereocenters. The first-order chi connectivity index (χ1) is 22.0. The standard InChI is InChI=1S/C33H48ClFN4O7/c1-33(10-12-38(13-11-33)32-36-17-24(34)18-37-32)9-2-3-14-46-25-8-7-23(26(35)16-25)15-29(43)39-19-22(20-39)5-4-6-27(41)30(44)31(45)28(42)21-40/h7-8,16-18,22,27-28,30-31,40-42,44-45H,2-6,9-15,19-21H2,1H3/t27-,28+,30+,31+/m0/s1. The molecule has 4 rings (SSSR count). The highest BCUT2D eigenvalue weighted by atomic mass is 35.5. The number of aromatic nitrogens is 2. The van der Waals surface area contributed by atoms with E-state index in [0.717, 1.165) is 51.1 Å². The number of hydrogen-bond donors (Lipinski definition) is 5. The van der Waals surface area contributed by atoms with Crippen molar-refractivity contribution in [3.05, 3.63) is 47.0 Å². The highest BCUT2D eigenvalue weighted by Gasteiger charge is 2.33. The van der Waals surface area contributed by atoms with Crippen LogP contribution in [0.25, 0.3) is 0 Å². The molecule has 2 aromatic rings. The molecular weight excluding hydrogens is 619 g/mol. The van der Waals surface area contributed by atoms with Crippen molar-refractivity contribution in [2.75, 3.05) is 44.3 Å². The van der Waals surface area contributed by atoms with Gasteiger partial charge in [-0.25, -0.2) is 14.4 Å². The Kier molecular flexibility index (Phi) is 13.4. The molecule has 1 amide bonds. The summed E-state index contributed by atoms with van der Waals surface area (Å²) in [5, 5.41) is 48.5. The molecule has 13 heteroatoms. The van der Waals surface area contributed by atoms with E-state index in [4.69, 9.17) is 21.4 Å². The summed E-state index contributed by atoms with van der Waals surface area (Å²) in [6.07, 6.45) is 3.82. The molecule has 5 N–H and O–H groups in total. The summed E-state index contributed by atoms with van der Waals surface area (Å²) in [6, 6.07) is 4.65. The van der Waals surface area contributed by atoms with Crippen LogP contribution in [0.5, 0.6) is 5.75 Å². The number of halogens is 2. The number of carbonyl (C=O) groups is 1. The van der Waals surface area contributed by atoms with E-state index in [9.17, 15) is 29.6 Å². The van der Waals surface area contributed by atoms with Crippen molar-refractivity contribution in [1.82, 2.24) is 14.9 Å². The predicted octanol–water partition coefficient (Wildman–Crippen LogP) is 2.73. The van der Waals surface area contributed by atoms with E-state index >= 15 is 0 Å². The summed E-state index contributed by atoms with van der Waals surface area (Å²) < 4.78 is 20.6. The number of unbranched alkanes of at least 4 members (excludes halogenated alkanes) is 1. The lowest BCUT2D eigenvalue weighted by Crippen LogP contribution is -2.50. The van der Waals surface area contributed by atoms with E-state index < -0.39 is 36.8 Å². The number of hydrogen-bond acceptors (Lipinski definition) is 10. The zero-order chi connectivity index (χ0) is 33.3. The van der Waals surface area contributed by atoms with Gasteiger partial charge in [0.1, 0.15) is 29.9 Å². The second kappa shape index (κ2) is 17.0. The molecule has 3 heterocycles. The number of piperidine rings is 1. The van der Waals surface area contributed by atoms with Gasteiger partial charge >= 0.3 is 0 Å². The number of rotatable bonds is 17. The summed E-state index contributed by atoms with van der Waals surface area (Å²) in [6.45, 7) is 5.00. The van der Waals surface area contributed by atoms with E-state index in [0.29, 0.717) is 48.9 Å². The normalized spacial score (nSPS) is 19.3. The number of likely N-dealkylation sites (tertiary alicyclic amines) is 1. The van der Waals surface area contributed by atoms with Gasteiger partial charge in [-0.15, -0.1) is 0 Å². The van der Waals surface area contributed by atoms with Crippen molar-refractivity contribution in [3.8, 4) is 5.75 Å². The number of benzene rings is 1. The van der Waals surface area contributed by atoms with Crippen molar-refractivity contribution in [2.45, 2.75) is 89.1 Å². The molecule has 256 valence electrons. The Bertz CT molecular complexity index is 1250. The lowest BCUT2D eigenvalue weighted by molar-refractivity contribution is -0.137. The molecule has 0 spiro atoms. The van der Waals surface area contributed by atoms with Gasteiger partial charge in [0.25, 0.3) is 0 Å². The molecule has 0 radical (unpaired) electrons. The summed E-state index contributed by atoms with van der Waals surface area (Å²) >= 11 is 5.90. The Balaban J connectivity index is 1.08. The summed E-state index contributed by atoms with van der Waals surface area (Å²) in [4.78, 5) is 25.2. The van der Waals surface area contributed by atoms with Crippen molar-refractivity contribution in [3.63, 3.8) is 0 Å². The van der Waals surface area contributed by atoms with E-state index in [1.54, 1.807) is 29.4 Å². The monoisotopic (exact) mass is 666 g/mol. The number of ether oxygens (including phenoxy) is 1. The number of anilines is 1. The van der Waals surface area contributed by atoms with Crippen LogP contribution in [0, 0.1) is 17.2 Å². The molecule has 11 nitrogen and oxygen atoms in total. The molecule has 2 fully saturated rings. The fourth-order valence-electron chi connectivity index (χ4n) is 6.15. The molecule has 0 unspecified atom stereocenters. The zero-order valence-electron chi connectivity index (χ0n) is 26.5. The summed E-state index contributed by atoms with van der Waals surface area (Å²) in [5.74, 6) is 0.790. The van der Waals surface area contributed by atoms with Crippen LogP contribution >= 0.6 is 11.6 Å². The van der Waals surface area contributed by atoms with Gasteiger partial charge in [-0.1, -0.05) is 31.0 Å². The Morgan fingerprint density at radius 1 is 1.07 bits per heavy atom. The van der Waals surface area contributed by atoms with E-state index in [2.05, 4.69) is 21.8 Å². The number of nitrogens with zero attached hydrogens (tertiary/aromatic N) is 4. The molecule has 2 aliphatic heterocycles. The maximum Gasteiger partial charge on any atom is 0.227 e. The van der Waals surface area contributed by atoms with Crippen molar-refractivity contribution in [1.29, 1.82) is 0 Å². The maximum absolute atomic E-state index is 14.8. The highest BCUT2D eigenvalue weighted by molar-refractivity contribution is 6.30. The Morgan fingerprint density at radius 2 is 1.74 bits per heavy atom. The van der Waals surface area contributed by atoms with Gasteiger partial charge in [-0.2, -0.15) is 0 Å². The quantitative estimate of drug-likeness (QED) is 0.159. The van der Waals surface area contributed by atoms with Crippen LogP contribution in [0.2, 0.25) is 5.02 Å². The van der Waals surface area contributed by atoms with Crippen LogP contribution in [-0.4, -0.2) is 110 Å². The fraction of sp³-hybridized carbons (Fsp3) is 0.667. The first-order valence-corrected chi connectivity index (χ1v) is 16.6. The Morgan fingerprint density at radius 3 is 2.39 bits per heavy atom. The van der Waals surface area contributed by atoms with Gasteiger partial charge in [0.05, 0.1) is 43.2 Å². The minimum Gasteiger partial charge on any atom is -0.493 e. The number of amides is 1. The van der Waals surface area contributed by atoms with Crippen LogP contribution in [0.15, 0.2) is 30.6 Å². The van der Waals surface area contributed by atoms with Crippen molar-refractivity contribution in [2.24, 2.45) is 11.3 Å². The average Bonchev–Trinajstić information content (AvgIpc) is 3.02. The van der Waals surface area contributed by atoms with Crippen LogP contribution < -0.4 is 9.64 Å². The summed E-state index contributed by atoms with van der Waals surface area (Å²) in [7, 11) is 0. The number of carbonyl (C=O) groups excluding carboxylic acids is 1.